The molecule has 3 aliphatic rings. The standard InChI is InChI=1S/2C12H16O6.C8H12O4.C4H6O3.CH4/c2*1-4-5-15-12-6-10(17-9(3)14)11(18-12)7-16-8(2)13;1-2-3-11-8-4-6(10)7(5-9)12-8;1-3(5)7-4(2)6;/h2*1,10-12H,5-7H2,2-3H3;1,6-10H,3-5H2;1-2H3;1H4/t10?,11-,12+;10?,11-,12-;6?,7-,8?;;/m111../s1. The van der Waals surface area contributed by atoms with Crippen molar-refractivity contribution in [2.24, 2.45) is 0 Å². The Bertz CT molecular complexity index is 1260. The monoisotopic (exact) mass is 802 g/mol. The molecule has 0 bridgehead atoms. The van der Waals surface area contributed by atoms with Gasteiger partial charge >= 0.3 is 35.8 Å². The van der Waals surface area contributed by atoms with Crippen LogP contribution in [0.15, 0.2) is 0 Å². The topological polar surface area (TPSA) is 244 Å². The van der Waals surface area contributed by atoms with Gasteiger partial charge in [-0.15, -0.1) is 19.3 Å². The average molecular weight is 803 g/mol. The van der Waals surface area contributed by atoms with Crippen LogP contribution in [0.1, 0.15) is 68.2 Å². The van der Waals surface area contributed by atoms with E-state index in [0.717, 1.165) is 0 Å². The second-order valence-electron chi connectivity index (χ2n) is 11.3. The third kappa shape index (κ3) is 25.5. The van der Waals surface area contributed by atoms with Crippen LogP contribution in [0.3, 0.4) is 0 Å². The number of carbonyl (C=O) groups excluding carboxylic acids is 6. The molecule has 3 aliphatic heterocycles. The molecular weight excluding hydrogens is 748 g/mol. The zero-order chi connectivity index (χ0) is 41.9. The summed E-state index contributed by atoms with van der Waals surface area (Å²) in [5.41, 5.74) is 0. The van der Waals surface area contributed by atoms with Gasteiger partial charge in [-0.25, -0.2) is 0 Å². The van der Waals surface area contributed by atoms with Gasteiger partial charge < -0.3 is 62.3 Å². The Labute approximate surface area is 327 Å². The first-order chi connectivity index (χ1) is 25.9. The predicted octanol–water partition coefficient (Wildman–Crippen LogP) is 0.329. The van der Waals surface area contributed by atoms with E-state index in [-0.39, 0.29) is 47.1 Å². The van der Waals surface area contributed by atoms with Crippen LogP contribution in [0.5, 0.6) is 0 Å². The highest BCUT2D eigenvalue weighted by Crippen LogP contribution is 2.26. The summed E-state index contributed by atoms with van der Waals surface area (Å²) in [6.45, 7) is 7.78. The number of hydrogen-bond acceptors (Lipinski definition) is 19. The van der Waals surface area contributed by atoms with Crippen LogP contribution in [0.4, 0.5) is 0 Å². The summed E-state index contributed by atoms with van der Waals surface area (Å²) in [5.74, 6) is 4.12. The molecule has 19 heteroatoms. The summed E-state index contributed by atoms with van der Waals surface area (Å²) >= 11 is 0. The Morgan fingerprint density at radius 1 is 0.571 bits per heavy atom. The van der Waals surface area contributed by atoms with Crippen LogP contribution < -0.4 is 0 Å². The van der Waals surface area contributed by atoms with Crippen LogP contribution in [-0.2, 0) is 80.9 Å². The number of hydrogen-bond donors (Lipinski definition) is 2. The third-order valence-corrected chi connectivity index (χ3v) is 6.58. The average Bonchev–Trinajstić information content (AvgIpc) is 3.78. The fourth-order valence-electron chi connectivity index (χ4n) is 4.53. The molecule has 56 heavy (non-hydrogen) atoms. The molecular formula is C37H54O19. The molecule has 3 saturated heterocycles. The Morgan fingerprint density at radius 3 is 1.16 bits per heavy atom. The van der Waals surface area contributed by atoms with E-state index in [0.29, 0.717) is 19.3 Å². The van der Waals surface area contributed by atoms with E-state index in [9.17, 15) is 33.9 Å². The molecule has 0 aromatic carbocycles. The SMILES string of the molecule is C.C#CCOC1CC(O)[C@@H](CO)O1.C#CCO[C@@H]1CC(OC(C)=O)[C@@H](COC(C)=O)O1.C#CCO[C@H]1CC(OC(C)=O)[C@@H](COC(C)=O)O1.CC(=O)OC(C)=O. The van der Waals surface area contributed by atoms with Crippen molar-refractivity contribution in [3.8, 4) is 37.0 Å². The van der Waals surface area contributed by atoms with Gasteiger partial charge in [-0.1, -0.05) is 25.2 Å². The summed E-state index contributed by atoms with van der Waals surface area (Å²) in [7, 11) is 0. The highest BCUT2D eigenvalue weighted by Gasteiger charge is 2.40. The highest BCUT2D eigenvalue weighted by molar-refractivity contribution is 5.82. The van der Waals surface area contributed by atoms with Crippen molar-refractivity contribution >= 4 is 35.8 Å². The Morgan fingerprint density at radius 2 is 0.911 bits per heavy atom. The number of rotatable bonds is 13. The van der Waals surface area contributed by atoms with E-state index in [1.165, 1.54) is 41.5 Å². The van der Waals surface area contributed by atoms with Crippen LogP contribution in [0, 0.1) is 37.0 Å². The van der Waals surface area contributed by atoms with Crippen molar-refractivity contribution in [2.45, 2.75) is 124 Å². The highest BCUT2D eigenvalue weighted by atomic mass is 16.7. The van der Waals surface area contributed by atoms with Gasteiger partial charge in [-0.3, -0.25) is 28.8 Å². The minimum absolute atomic E-state index is 0. The van der Waals surface area contributed by atoms with Gasteiger partial charge in [0, 0.05) is 60.8 Å². The lowest BCUT2D eigenvalue weighted by Crippen LogP contribution is -2.31. The maximum Gasteiger partial charge on any atom is 0.310 e. The zero-order valence-corrected chi connectivity index (χ0v) is 31.6. The van der Waals surface area contributed by atoms with Crippen molar-refractivity contribution in [1.29, 1.82) is 0 Å². The Kier molecular flexibility index (Phi) is 29.2. The molecule has 9 atom stereocenters. The maximum absolute atomic E-state index is 10.9. The van der Waals surface area contributed by atoms with Crippen molar-refractivity contribution in [3.05, 3.63) is 0 Å². The molecule has 0 aliphatic carbocycles. The molecule has 0 radical (unpaired) electrons. The van der Waals surface area contributed by atoms with Gasteiger partial charge in [-0.05, 0) is 0 Å². The molecule has 3 fully saturated rings. The van der Waals surface area contributed by atoms with Gasteiger partial charge in [0.2, 0.25) is 0 Å². The smallest absolute Gasteiger partial charge is 0.310 e. The third-order valence-electron chi connectivity index (χ3n) is 6.58. The molecule has 4 unspecified atom stereocenters. The summed E-state index contributed by atoms with van der Waals surface area (Å²) in [5, 5.41) is 17.9. The molecule has 0 spiro atoms. The Balaban J connectivity index is 0. The molecule has 3 rings (SSSR count). The second kappa shape index (κ2) is 30.6. The van der Waals surface area contributed by atoms with Gasteiger partial charge in [0.25, 0.3) is 0 Å². The molecule has 19 nitrogen and oxygen atoms in total. The zero-order valence-electron chi connectivity index (χ0n) is 31.6. The Hall–Kier alpha value is -4.62. The molecule has 0 aromatic heterocycles. The van der Waals surface area contributed by atoms with Crippen LogP contribution in [0.25, 0.3) is 0 Å². The molecule has 0 amide bonds. The summed E-state index contributed by atoms with van der Waals surface area (Å²) in [6.07, 6.45) is 11.4. The molecule has 316 valence electrons. The number of carbonyl (C=O) groups is 6. The largest absolute Gasteiger partial charge is 0.463 e. The lowest BCUT2D eigenvalue weighted by molar-refractivity contribution is -0.164. The summed E-state index contributed by atoms with van der Waals surface area (Å²) < 4.78 is 55.3. The second-order valence-corrected chi connectivity index (χ2v) is 11.3. The number of aliphatic hydroxyl groups is 2. The quantitative estimate of drug-likeness (QED) is 0.110. The van der Waals surface area contributed by atoms with Crippen LogP contribution in [-0.4, -0.2) is 141 Å². The minimum atomic E-state index is -0.655. The van der Waals surface area contributed by atoms with E-state index in [1.807, 2.05) is 0 Å². The summed E-state index contributed by atoms with van der Waals surface area (Å²) in [6, 6.07) is 0. The minimum Gasteiger partial charge on any atom is -0.463 e. The first-order valence-electron chi connectivity index (χ1n) is 16.7. The fourth-order valence-corrected chi connectivity index (χ4v) is 4.53. The number of ether oxygens (including phenoxy) is 11. The van der Waals surface area contributed by atoms with Crippen molar-refractivity contribution in [2.75, 3.05) is 39.6 Å². The number of aliphatic hydroxyl groups excluding tert-OH is 2. The molecule has 0 aromatic rings. The number of esters is 6. The van der Waals surface area contributed by atoms with Gasteiger partial charge in [0.1, 0.15) is 63.6 Å². The van der Waals surface area contributed by atoms with Crippen molar-refractivity contribution in [3.63, 3.8) is 0 Å². The lowest BCUT2D eigenvalue weighted by atomic mass is 10.2. The van der Waals surface area contributed by atoms with Crippen molar-refractivity contribution < 1.29 is 91.1 Å². The first-order valence-corrected chi connectivity index (χ1v) is 16.7. The van der Waals surface area contributed by atoms with E-state index in [4.69, 9.17) is 71.7 Å². The van der Waals surface area contributed by atoms with Crippen LogP contribution in [0.2, 0.25) is 0 Å². The van der Waals surface area contributed by atoms with Gasteiger partial charge in [0.15, 0.2) is 18.9 Å². The normalized spacial score (nSPS) is 25.4. The van der Waals surface area contributed by atoms with Crippen molar-refractivity contribution in [1.82, 2.24) is 0 Å². The van der Waals surface area contributed by atoms with Crippen LogP contribution >= 0.6 is 0 Å². The fraction of sp³-hybridized carbons (Fsp3) is 0.676. The molecule has 0 saturated carbocycles. The summed E-state index contributed by atoms with van der Waals surface area (Å²) in [4.78, 5) is 63.0. The predicted molar refractivity (Wildman–Crippen MR) is 191 cm³/mol. The first kappa shape index (κ1) is 53.5. The molecule has 2 N–H and O–H groups in total. The van der Waals surface area contributed by atoms with E-state index >= 15 is 0 Å². The van der Waals surface area contributed by atoms with Gasteiger partial charge in [0.05, 0.1) is 12.7 Å². The van der Waals surface area contributed by atoms with E-state index in [1.54, 1.807) is 0 Å². The maximum atomic E-state index is 10.9. The van der Waals surface area contributed by atoms with E-state index < -0.39 is 91.3 Å². The molecule has 3 heterocycles. The lowest BCUT2D eigenvalue weighted by Gasteiger charge is -2.17. The van der Waals surface area contributed by atoms with Gasteiger partial charge in [-0.2, -0.15) is 0 Å². The van der Waals surface area contributed by atoms with E-state index in [2.05, 4.69) is 22.5 Å². The number of terminal acetylenes is 3.